The van der Waals surface area contributed by atoms with Crippen molar-refractivity contribution in [1.29, 1.82) is 0 Å². The number of ether oxygens (including phenoxy) is 2. The van der Waals surface area contributed by atoms with E-state index in [0.717, 1.165) is 28.0 Å². The van der Waals surface area contributed by atoms with Crippen LogP contribution in [0.25, 0.3) is 0 Å². The summed E-state index contributed by atoms with van der Waals surface area (Å²) in [5, 5.41) is 14.6. The maximum absolute atomic E-state index is 14.5. The Bertz CT molecular complexity index is 1490. The Kier molecular flexibility index (Phi) is 8.92. The van der Waals surface area contributed by atoms with E-state index < -0.39 is 35.5 Å². The van der Waals surface area contributed by atoms with Crippen LogP contribution in [-0.4, -0.2) is 47.2 Å². The van der Waals surface area contributed by atoms with Gasteiger partial charge in [0, 0.05) is 30.5 Å². The minimum Gasteiger partial charge on any atom is -0.496 e. The summed E-state index contributed by atoms with van der Waals surface area (Å²) in [6, 6.07) is 22.1. The van der Waals surface area contributed by atoms with Gasteiger partial charge >= 0.3 is 5.97 Å². The van der Waals surface area contributed by atoms with Gasteiger partial charge in [-0.15, -0.1) is 0 Å². The van der Waals surface area contributed by atoms with Crippen LogP contribution >= 0.6 is 0 Å². The quantitative estimate of drug-likeness (QED) is 0.332. The van der Waals surface area contributed by atoms with Gasteiger partial charge in [-0.05, 0) is 39.2 Å². The molecule has 0 bridgehead atoms. The number of benzene rings is 3. The highest BCUT2D eigenvalue weighted by Crippen LogP contribution is 2.49. The van der Waals surface area contributed by atoms with Crippen molar-refractivity contribution in [3.8, 4) is 5.75 Å². The Morgan fingerprint density at radius 2 is 1.61 bits per heavy atom. The molecule has 3 aromatic carbocycles. The van der Waals surface area contributed by atoms with E-state index in [0.29, 0.717) is 19.6 Å². The number of carbonyl (C=O) groups excluding carboxylic acids is 1. The molecule has 1 fully saturated rings. The van der Waals surface area contributed by atoms with Crippen LogP contribution in [0.4, 0.5) is 0 Å². The predicted octanol–water partition coefficient (Wildman–Crippen LogP) is 6.29. The van der Waals surface area contributed by atoms with Crippen molar-refractivity contribution in [1.82, 2.24) is 10.2 Å². The fraction of sp³-hybridized carbons (Fsp3) is 0.459. The van der Waals surface area contributed by atoms with Gasteiger partial charge in [-0.25, -0.2) is 4.79 Å². The fourth-order valence-corrected chi connectivity index (χ4v) is 7.01. The average molecular weight is 599 g/mol. The third kappa shape index (κ3) is 6.26. The molecule has 2 N–H and O–H groups in total. The molecular formula is C37H46N2O5. The van der Waals surface area contributed by atoms with E-state index >= 15 is 0 Å². The zero-order valence-electron chi connectivity index (χ0n) is 27.0. The molecule has 0 spiro atoms. The summed E-state index contributed by atoms with van der Waals surface area (Å²) in [5.41, 5.74) is 4.69. The molecule has 0 radical (unpaired) electrons. The van der Waals surface area contributed by atoms with Gasteiger partial charge in [0.2, 0.25) is 0 Å². The molecule has 5 atom stereocenters. The lowest BCUT2D eigenvalue weighted by Crippen LogP contribution is -2.51. The van der Waals surface area contributed by atoms with Crippen LogP contribution in [0.2, 0.25) is 0 Å². The monoisotopic (exact) mass is 598 g/mol. The summed E-state index contributed by atoms with van der Waals surface area (Å²) >= 11 is 0. The molecule has 1 unspecified atom stereocenters. The average Bonchev–Trinajstić information content (AvgIpc) is 3.35. The Morgan fingerprint density at radius 1 is 0.955 bits per heavy atom. The molecule has 5 rings (SSSR count). The third-order valence-corrected chi connectivity index (χ3v) is 9.23. The molecule has 1 saturated heterocycles. The molecule has 7 nitrogen and oxygen atoms in total. The molecule has 1 amide bonds. The fourth-order valence-electron chi connectivity index (χ4n) is 7.01. The summed E-state index contributed by atoms with van der Waals surface area (Å²) < 4.78 is 11.9. The lowest BCUT2D eigenvalue weighted by atomic mass is 9.72. The minimum atomic E-state index is -1.05. The van der Waals surface area contributed by atoms with Crippen LogP contribution in [0, 0.1) is 11.3 Å². The number of hydrogen-bond donors (Lipinski definition) is 2. The standard InChI is InChI=1S/C37H46N2O5/c1-36(2,3)27-17-18-28(43-7)26(19-27)21-38-31-30(37(4,5)6)33(35(41)42)39(32(31)23-13-9-8-10-14-23)34(40)29-20-24-15-11-12-16-25(24)22-44-29/h8-19,29-33,38H,20-22H2,1-7H3,(H,41,42)/t29?,30-,31-,32-,33-/m0/s1. The van der Waals surface area contributed by atoms with Crippen LogP contribution in [0.5, 0.6) is 5.75 Å². The van der Waals surface area contributed by atoms with E-state index in [1.807, 2.05) is 60.7 Å². The molecule has 7 heteroatoms. The van der Waals surface area contributed by atoms with Crippen LogP contribution in [0.1, 0.15) is 75.4 Å². The van der Waals surface area contributed by atoms with E-state index in [1.165, 1.54) is 5.56 Å². The topological polar surface area (TPSA) is 88.1 Å². The molecule has 0 aliphatic carbocycles. The molecule has 0 aromatic heterocycles. The van der Waals surface area contributed by atoms with Gasteiger partial charge in [0.25, 0.3) is 5.91 Å². The number of hydrogen-bond acceptors (Lipinski definition) is 5. The van der Waals surface area contributed by atoms with Gasteiger partial charge in [-0.1, -0.05) is 108 Å². The molecule has 2 aliphatic rings. The SMILES string of the molecule is COc1ccc(C(C)(C)C)cc1CN[C@H]1[C@H](C(C)(C)C)[C@@H](C(=O)O)N(C(=O)C2Cc3ccccc3CO2)[C@H]1c1ccccc1. The number of fused-ring (bicyclic) bond motifs is 1. The number of carboxylic acid groups (broad SMARTS) is 1. The highest BCUT2D eigenvalue weighted by Gasteiger charge is 2.58. The molecular weight excluding hydrogens is 552 g/mol. The predicted molar refractivity (Wildman–Crippen MR) is 171 cm³/mol. The third-order valence-electron chi connectivity index (χ3n) is 9.23. The zero-order chi connectivity index (χ0) is 31.8. The van der Waals surface area contributed by atoms with Crippen LogP contribution in [0.3, 0.4) is 0 Å². The number of methoxy groups -OCH3 is 1. The van der Waals surface area contributed by atoms with E-state index in [9.17, 15) is 14.7 Å². The molecule has 234 valence electrons. The first kappa shape index (κ1) is 31.7. The summed E-state index contributed by atoms with van der Waals surface area (Å²) in [6.45, 7) is 13.5. The smallest absolute Gasteiger partial charge is 0.326 e. The maximum Gasteiger partial charge on any atom is 0.326 e. The van der Waals surface area contributed by atoms with Crippen molar-refractivity contribution in [2.24, 2.45) is 11.3 Å². The van der Waals surface area contributed by atoms with Gasteiger partial charge in [0.05, 0.1) is 19.8 Å². The van der Waals surface area contributed by atoms with Crippen LogP contribution in [-0.2, 0) is 39.3 Å². The molecule has 2 aliphatic heterocycles. The Labute approximate surface area is 261 Å². The Balaban J connectivity index is 1.58. The van der Waals surface area contributed by atoms with Crippen molar-refractivity contribution in [2.75, 3.05) is 7.11 Å². The first-order chi connectivity index (χ1) is 20.8. The summed E-state index contributed by atoms with van der Waals surface area (Å²) in [6.07, 6.45) is -0.352. The molecule has 2 heterocycles. The summed E-state index contributed by atoms with van der Waals surface area (Å²) in [4.78, 5) is 29.4. The number of nitrogens with zero attached hydrogens (tertiary/aromatic N) is 1. The van der Waals surface area contributed by atoms with Crippen molar-refractivity contribution < 1.29 is 24.2 Å². The van der Waals surface area contributed by atoms with Gasteiger partial charge in [0.1, 0.15) is 17.9 Å². The van der Waals surface area contributed by atoms with Crippen LogP contribution < -0.4 is 10.1 Å². The van der Waals surface area contributed by atoms with Crippen LogP contribution in [0.15, 0.2) is 72.8 Å². The second-order valence-electron chi connectivity index (χ2n) is 14.2. The van der Waals surface area contributed by atoms with E-state index in [2.05, 4.69) is 59.0 Å². The number of carboxylic acids is 1. The largest absolute Gasteiger partial charge is 0.496 e. The van der Waals surface area contributed by atoms with Crippen molar-refractivity contribution in [3.05, 3.63) is 101 Å². The Hall–Kier alpha value is -3.68. The van der Waals surface area contributed by atoms with Gasteiger partial charge in [-0.2, -0.15) is 0 Å². The maximum atomic E-state index is 14.5. The number of likely N-dealkylation sites (tertiary alicyclic amines) is 1. The molecule has 0 saturated carbocycles. The van der Waals surface area contributed by atoms with Crippen molar-refractivity contribution in [3.63, 3.8) is 0 Å². The number of amides is 1. The molecule has 44 heavy (non-hydrogen) atoms. The molecule has 3 aromatic rings. The highest BCUT2D eigenvalue weighted by atomic mass is 16.5. The Morgan fingerprint density at radius 3 is 2.23 bits per heavy atom. The normalized spacial score (nSPS) is 23.7. The van der Waals surface area contributed by atoms with Gasteiger partial charge in [0.15, 0.2) is 0 Å². The number of aliphatic carboxylic acids is 1. The van der Waals surface area contributed by atoms with E-state index in [1.54, 1.807) is 12.0 Å². The lowest BCUT2D eigenvalue weighted by Gasteiger charge is -2.36. The first-order valence-corrected chi connectivity index (χ1v) is 15.5. The number of nitrogens with one attached hydrogen (secondary N) is 1. The van der Waals surface area contributed by atoms with Crippen molar-refractivity contribution in [2.45, 2.75) is 90.8 Å². The van der Waals surface area contributed by atoms with Gasteiger partial charge in [-0.3, -0.25) is 4.79 Å². The second-order valence-corrected chi connectivity index (χ2v) is 14.2. The summed E-state index contributed by atoms with van der Waals surface area (Å²) in [7, 11) is 1.67. The lowest BCUT2D eigenvalue weighted by molar-refractivity contribution is -0.159. The van der Waals surface area contributed by atoms with Crippen molar-refractivity contribution >= 4 is 11.9 Å². The van der Waals surface area contributed by atoms with E-state index in [-0.39, 0.29) is 17.4 Å². The zero-order valence-corrected chi connectivity index (χ0v) is 27.0. The highest BCUT2D eigenvalue weighted by molar-refractivity contribution is 5.88. The number of rotatable bonds is 7. The number of carbonyl (C=O) groups is 2. The van der Waals surface area contributed by atoms with E-state index in [4.69, 9.17) is 9.47 Å². The minimum absolute atomic E-state index is 0.0505. The summed E-state index contributed by atoms with van der Waals surface area (Å²) in [5.74, 6) is -0.926. The van der Waals surface area contributed by atoms with Gasteiger partial charge < -0.3 is 24.8 Å². The second kappa shape index (κ2) is 12.4. The first-order valence-electron chi connectivity index (χ1n) is 15.5.